The summed E-state index contributed by atoms with van der Waals surface area (Å²) in [6, 6.07) is 8.63. The van der Waals surface area contributed by atoms with Crippen molar-refractivity contribution in [3.8, 4) is 0 Å². The molecule has 0 unspecified atom stereocenters. The van der Waals surface area contributed by atoms with Gasteiger partial charge in [-0.1, -0.05) is 37.7 Å². The van der Waals surface area contributed by atoms with Gasteiger partial charge in [0, 0.05) is 24.7 Å². The smallest absolute Gasteiger partial charge is 0.161 e. The molecule has 0 amide bonds. The van der Waals surface area contributed by atoms with Gasteiger partial charge in [-0.05, 0) is 36.5 Å². The highest BCUT2D eigenvalue weighted by Gasteiger charge is 2.37. The fourth-order valence-electron chi connectivity index (χ4n) is 2.65. The van der Waals surface area contributed by atoms with Crippen LogP contribution in [0.3, 0.4) is 0 Å². The minimum atomic E-state index is 0.126. The van der Waals surface area contributed by atoms with Crippen LogP contribution >= 0.6 is 11.8 Å². The highest BCUT2D eigenvalue weighted by atomic mass is 32.2. The summed E-state index contributed by atoms with van der Waals surface area (Å²) < 4.78 is 5.45. The molecule has 1 aromatic rings. The Kier molecular flexibility index (Phi) is 4.03. The third-order valence-electron chi connectivity index (χ3n) is 4.04. The van der Waals surface area contributed by atoms with E-state index in [2.05, 4.69) is 43.4 Å². The van der Waals surface area contributed by atoms with Crippen molar-refractivity contribution in [3.63, 3.8) is 0 Å². The number of hydrogen-bond donors (Lipinski definition) is 1. The Bertz CT molecular complexity index is 507. The lowest BCUT2D eigenvalue weighted by atomic mass is 9.93. The predicted octanol–water partition coefficient (Wildman–Crippen LogP) is 3.87. The first-order chi connectivity index (χ1) is 9.67. The fourth-order valence-corrected chi connectivity index (χ4v) is 3.86. The molecule has 3 rings (SSSR count). The van der Waals surface area contributed by atoms with Gasteiger partial charge >= 0.3 is 0 Å². The van der Waals surface area contributed by atoms with Gasteiger partial charge < -0.3 is 10.1 Å². The number of amidine groups is 1. The van der Waals surface area contributed by atoms with Crippen LogP contribution < -0.4 is 5.32 Å². The van der Waals surface area contributed by atoms with Crippen molar-refractivity contribution in [1.29, 1.82) is 0 Å². The molecular formula is C16H22N2OS. The number of thioether (sulfide) groups is 1. The van der Waals surface area contributed by atoms with Crippen molar-refractivity contribution < 1.29 is 4.74 Å². The summed E-state index contributed by atoms with van der Waals surface area (Å²) in [6.45, 7) is 6.14. The summed E-state index contributed by atoms with van der Waals surface area (Å²) >= 11 is 1.84. The molecule has 1 N–H and O–H groups in total. The minimum absolute atomic E-state index is 0.126. The van der Waals surface area contributed by atoms with Gasteiger partial charge in [0.15, 0.2) is 5.17 Å². The van der Waals surface area contributed by atoms with Crippen LogP contribution in [-0.2, 0) is 4.74 Å². The van der Waals surface area contributed by atoms with Crippen molar-refractivity contribution in [2.45, 2.75) is 38.1 Å². The van der Waals surface area contributed by atoms with Gasteiger partial charge in [0.05, 0.1) is 5.54 Å². The molecule has 0 aliphatic carbocycles. The van der Waals surface area contributed by atoms with Crippen LogP contribution in [-0.4, -0.2) is 29.7 Å². The third kappa shape index (κ3) is 3.01. The van der Waals surface area contributed by atoms with Crippen LogP contribution in [0.4, 0.5) is 5.69 Å². The summed E-state index contributed by atoms with van der Waals surface area (Å²) in [5.41, 5.74) is 2.63. The van der Waals surface area contributed by atoms with E-state index in [1.165, 1.54) is 5.56 Å². The molecule has 3 nitrogen and oxygen atoms in total. The highest BCUT2D eigenvalue weighted by molar-refractivity contribution is 8.14. The molecule has 1 aromatic carbocycles. The monoisotopic (exact) mass is 290 g/mol. The van der Waals surface area contributed by atoms with Gasteiger partial charge in [0.2, 0.25) is 0 Å². The highest BCUT2D eigenvalue weighted by Crippen LogP contribution is 2.36. The summed E-state index contributed by atoms with van der Waals surface area (Å²) in [4.78, 5) is 4.94. The lowest BCUT2D eigenvalue weighted by molar-refractivity contribution is 0.0624. The Hall–Kier alpha value is -1.00. The first-order valence-corrected chi connectivity index (χ1v) is 8.33. The normalized spacial score (nSPS) is 21.2. The van der Waals surface area contributed by atoms with E-state index in [-0.39, 0.29) is 5.54 Å². The molecule has 0 radical (unpaired) electrons. The Morgan fingerprint density at radius 1 is 1.30 bits per heavy atom. The third-order valence-corrected chi connectivity index (χ3v) is 5.19. The Balaban J connectivity index is 1.72. The molecule has 1 fully saturated rings. The van der Waals surface area contributed by atoms with E-state index in [1.807, 2.05) is 11.8 Å². The van der Waals surface area contributed by atoms with Crippen molar-refractivity contribution in [2.75, 3.05) is 24.3 Å². The van der Waals surface area contributed by atoms with E-state index in [0.717, 1.165) is 42.7 Å². The van der Waals surface area contributed by atoms with E-state index in [4.69, 9.17) is 9.73 Å². The molecule has 2 aliphatic heterocycles. The second-order valence-electron chi connectivity index (χ2n) is 5.95. The van der Waals surface area contributed by atoms with Gasteiger partial charge in [-0.2, -0.15) is 0 Å². The number of benzene rings is 1. The molecule has 0 saturated carbocycles. The maximum absolute atomic E-state index is 5.45. The summed E-state index contributed by atoms with van der Waals surface area (Å²) in [5.74, 6) is 1.64. The van der Waals surface area contributed by atoms with Crippen LogP contribution in [0.25, 0.3) is 0 Å². The molecule has 0 bridgehead atoms. The van der Waals surface area contributed by atoms with Crippen molar-refractivity contribution in [3.05, 3.63) is 29.8 Å². The maximum Gasteiger partial charge on any atom is 0.161 e. The van der Waals surface area contributed by atoms with E-state index in [9.17, 15) is 0 Å². The standard InChI is InChI=1S/C16H22N2OS/c1-12(2)13-4-3-5-14(10-13)17-15-18-16(11-20-15)6-8-19-9-7-16/h3-5,10,12H,6-9,11H2,1-2H3,(H,17,18). The van der Waals surface area contributed by atoms with E-state index < -0.39 is 0 Å². The van der Waals surface area contributed by atoms with E-state index in [1.54, 1.807) is 0 Å². The number of ether oxygens (including phenoxy) is 1. The molecule has 1 saturated heterocycles. The van der Waals surface area contributed by atoms with Crippen LogP contribution in [0.5, 0.6) is 0 Å². The van der Waals surface area contributed by atoms with Gasteiger partial charge in [0.1, 0.15) is 0 Å². The van der Waals surface area contributed by atoms with Crippen LogP contribution in [0.2, 0.25) is 0 Å². The average Bonchev–Trinajstić information content (AvgIpc) is 2.82. The van der Waals surface area contributed by atoms with Gasteiger partial charge in [-0.15, -0.1) is 0 Å². The Morgan fingerprint density at radius 2 is 2.10 bits per heavy atom. The minimum Gasteiger partial charge on any atom is -0.381 e. The van der Waals surface area contributed by atoms with Gasteiger partial charge in [-0.25, -0.2) is 0 Å². The Morgan fingerprint density at radius 3 is 2.85 bits per heavy atom. The zero-order valence-electron chi connectivity index (χ0n) is 12.2. The maximum atomic E-state index is 5.45. The second-order valence-corrected chi connectivity index (χ2v) is 6.91. The first kappa shape index (κ1) is 14.0. The summed E-state index contributed by atoms with van der Waals surface area (Å²) in [7, 11) is 0. The number of hydrogen-bond acceptors (Lipinski definition) is 4. The van der Waals surface area contributed by atoms with Crippen molar-refractivity contribution in [1.82, 2.24) is 0 Å². The van der Waals surface area contributed by atoms with Crippen LogP contribution in [0.1, 0.15) is 38.2 Å². The molecule has 4 heteroatoms. The predicted molar refractivity (Wildman–Crippen MR) is 86.8 cm³/mol. The van der Waals surface area contributed by atoms with E-state index in [0.29, 0.717) is 5.92 Å². The number of anilines is 1. The topological polar surface area (TPSA) is 33.6 Å². The molecule has 2 heterocycles. The Labute approximate surface area is 125 Å². The van der Waals surface area contributed by atoms with Gasteiger partial charge in [-0.3, -0.25) is 4.99 Å². The molecule has 0 atom stereocenters. The average molecular weight is 290 g/mol. The van der Waals surface area contributed by atoms with Crippen LogP contribution in [0, 0.1) is 0 Å². The fraction of sp³-hybridized carbons (Fsp3) is 0.562. The lowest BCUT2D eigenvalue weighted by Gasteiger charge is -2.29. The second kappa shape index (κ2) is 5.78. The molecule has 1 spiro atoms. The number of nitrogens with zero attached hydrogens (tertiary/aromatic N) is 1. The van der Waals surface area contributed by atoms with Crippen molar-refractivity contribution >= 4 is 22.6 Å². The molecule has 108 valence electrons. The zero-order valence-corrected chi connectivity index (χ0v) is 13.0. The quantitative estimate of drug-likeness (QED) is 0.897. The van der Waals surface area contributed by atoms with Gasteiger partial charge in [0.25, 0.3) is 0 Å². The number of nitrogens with one attached hydrogen (secondary N) is 1. The number of aliphatic imine (C=N–C) groups is 1. The SMILES string of the molecule is CC(C)c1cccc(NC2=NC3(CCOCC3)CS2)c1. The molecule has 20 heavy (non-hydrogen) atoms. The largest absolute Gasteiger partial charge is 0.381 e. The number of rotatable bonds is 2. The zero-order chi connectivity index (χ0) is 14.0. The van der Waals surface area contributed by atoms with Crippen molar-refractivity contribution in [2.24, 2.45) is 4.99 Å². The van der Waals surface area contributed by atoms with Crippen LogP contribution in [0.15, 0.2) is 29.3 Å². The first-order valence-electron chi connectivity index (χ1n) is 7.34. The lowest BCUT2D eigenvalue weighted by Crippen LogP contribution is -2.34. The van der Waals surface area contributed by atoms with E-state index >= 15 is 0 Å². The summed E-state index contributed by atoms with van der Waals surface area (Å²) in [5, 5.41) is 4.54. The molecule has 0 aromatic heterocycles. The summed E-state index contributed by atoms with van der Waals surface area (Å²) in [6.07, 6.45) is 2.11. The molecular weight excluding hydrogens is 268 g/mol. The molecule has 2 aliphatic rings.